The lowest BCUT2D eigenvalue weighted by Gasteiger charge is -2.14. The van der Waals surface area contributed by atoms with E-state index in [1.165, 1.54) is 11.7 Å². The van der Waals surface area contributed by atoms with E-state index < -0.39 is 0 Å². The topological polar surface area (TPSA) is 77.1 Å². The molecule has 0 atom stereocenters. The summed E-state index contributed by atoms with van der Waals surface area (Å²) in [4.78, 5) is 17.3. The van der Waals surface area contributed by atoms with Gasteiger partial charge in [-0.25, -0.2) is 4.98 Å². The molecule has 6 nitrogen and oxygen atoms in total. The van der Waals surface area contributed by atoms with Gasteiger partial charge in [-0.3, -0.25) is 9.36 Å². The van der Waals surface area contributed by atoms with Crippen LogP contribution in [0.15, 0.2) is 47.3 Å². The molecular weight excluding hydrogens is 306 g/mol. The molecule has 0 bridgehead atoms. The zero-order valence-electron chi connectivity index (χ0n) is 13.3. The number of ether oxygens (including phenoxy) is 2. The molecule has 2 aromatic carbocycles. The van der Waals surface area contributed by atoms with Crippen molar-refractivity contribution in [2.24, 2.45) is 0 Å². The SMILES string of the molecule is COc1ccc(-c2nc3ccccc3c(=O)n2CC#N)c(OC)c1. The van der Waals surface area contributed by atoms with Crippen LogP contribution in [0.5, 0.6) is 11.5 Å². The van der Waals surface area contributed by atoms with Crippen molar-refractivity contribution in [1.29, 1.82) is 5.26 Å². The van der Waals surface area contributed by atoms with Gasteiger partial charge in [0, 0.05) is 6.07 Å². The average Bonchev–Trinajstić information content (AvgIpc) is 2.63. The molecule has 0 spiro atoms. The molecule has 6 heteroatoms. The number of hydrogen-bond donors (Lipinski definition) is 0. The Bertz CT molecular complexity index is 1000. The van der Waals surface area contributed by atoms with Gasteiger partial charge in [-0.05, 0) is 24.3 Å². The molecule has 24 heavy (non-hydrogen) atoms. The lowest BCUT2D eigenvalue weighted by molar-refractivity contribution is 0.395. The number of rotatable bonds is 4. The third-order valence-electron chi connectivity index (χ3n) is 3.74. The molecule has 0 saturated heterocycles. The van der Waals surface area contributed by atoms with Crippen LogP contribution in [-0.4, -0.2) is 23.8 Å². The number of methoxy groups -OCH3 is 2. The van der Waals surface area contributed by atoms with Gasteiger partial charge in [0.25, 0.3) is 5.56 Å². The predicted molar refractivity (Wildman–Crippen MR) is 90.2 cm³/mol. The van der Waals surface area contributed by atoms with Gasteiger partial charge in [0.1, 0.15) is 23.9 Å². The first-order chi connectivity index (χ1) is 11.7. The third-order valence-corrected chi connectivity index (χ3v) is 3.74. The van der Waals surface area contributed by atoms with Crippen molar-refractivity contribution in [3.8, 4) is 29.0 Å². The highest BCUT2D eigenvalue weighted by Crippen LogP contribution is 2.32. The molecule has 0 N–H and O–H groups in total. The summed E-state index contributed by atoms with van der Waals surface area (Å²) in [6.45, 7) is -0.0960. The molecule has 0 saturated carbocycles. The Morgan fingerprint density at radius 1 is 1.17 bits per heavy atom. The summed E-state index contributed by atoms with van der Waals surface area (Å²) < 4.78 is 12.0. The highest BCUT2D eigenvalue weighted by atomic mass is 16.5. The summed E-state index contributed by atoms with van der Waals surface area (Å²) in [6, 6.07) is 14.3. The lowest BCUT2D eigenvalue weighted by Crippen LogP contribution is -2.23. The van der Waals surface area contributed by atoms with Gasteiger partial charge in [0.15, 0.2) is 0 Å². The second-order valence-corrected chi connectivity index (χ2v) is 5.07. The van der Waals surface area contributed by atoms with E-state index in [1.54, 1.807) is 43.5 Å². The fourth-order valence-corrected chi connectivity index (χ4v) is 2.57. The molecule has 0 aliphatic carbocycles. The maximum atomic E-state index is 12.7. The van der Waals surface area contributed by atoms with E-state index in [9.17, 15) is 4.79 Å². The largest absolute Gasteiger partial charge is 0.497 e. The quantitative estimate of drug-likeness (QED) is 0.738. The van der Waals surface area contributed by atoms with Crippen molar-refractivity contribution >= 4 is 10.9 Å². The normalized spacial score (nSPS) is 10.4. The standard InChI is InChI=1S/C18H15N3O3/c1-23-12-7-8-14(16(11-12)24-2)17-20-15-6-4-3-5-13(15)18(22)21(17)10-9-19/h3-8,11H,10H2,1-2H3. The van der Waals surface area contributed by atoms with Crippen LogP contribution in [0.1, 0.15) is 0 Å². The Morgan fingerprint density at radius 2 is 1.96 bits per heavy atom. The van der Waals surface area contributed by atoms with Gasteiger partial charge in [0.05, 0.1) is 36.8 Å². The minimum atomic E-state index is -0.255. The Balaban J connectivity index is 2.35. The van der Waals surface area contributed by atoms with E-state index in [4.69, 9.17) is 14.7 Å². The third kappa shape index (κ3) is 2.57. The first-order valence-electron chi connectivity index (χ1n) is 7.28. The highest BCUT2D eigenvalue weighted by Gasteiger charge is 2.16. The first-order valence-corrected chi connectivity index (χ1v) is 7.28. The number of aromatic nitrogens is 2. The summed E-state index contributed by atoms with van der Waals surface area (Å²) in [5.74, 6) is 1.54. The summed E-state index contributed by atoms with van der Waals surface area (Å²) in [7, 11) is 3.10. The Hall–Kier alpha value is -3.33. The van der Waals surface area contributed by atoms with Crippen molar-refractivity contribution in [3.63, 3.8) is 0 Å². The number of para-hydroxylation sites is 1. The molecule has 1 heterocycles. The zero-order chi connectivity index (χ0) is 17.1. The number of nitrogens with zero attached hydrogens (tertiary/aromatic N) is 3. The minimum Gasteiger partial charge on any atom is -0.497 e. The van der Waals surface area contributed by atoms with Crippen LogP contribution >= 0.6 is 0 Å². The average molecular weight is 321 g/mol. The number of hydrogen-bond acceptors (Lipinski definition) is 5. The monoisotopic (exact) mass is 321 g/mol. The fourth-order valence-electron chi connectivity index (χ4n) is 2.57. The summed E-state index contributed by atoms with van der Waals surface area (Å²) in [5, 5.41) is 9.58. The number of benzene rings is 2. The number of fused-ring (bicyclic) bond motifs is 1. The Kier molecular flexibility index (Phi) is 4.17. The summed E-state index contributed by atoms with van der Waals surface area (Å²) >= 11 is 0. The van der Waals surface area contributed by atoms with Crippen molar-refractivity contribution in [1.82, 2.24) is 9.55 Å². The van der Waals surface area contributed by atoms with Crippen LogP contribution < -0.4 is 15.0 Å². The molecular formula is C18H15N3O3. The molecule has 0 radical (unpaired) electrons. The molecule has 0 unspecified atom stereocenters. The van der Waals surface area contributed by atoms with E-state index in [1.807, 2.05) is 12.1 Å². The zero-order valence-corrected chi connectivity index (χ0v) is 13.3. The summed E-state index contributed by atoms with van der Waals surface area (Å²) in [5.41, 5.74) is 0.941. The molecule has 1 aromatic heterocycles. The maximum Gasteiger partial charge on any atom is 0.262 e. The predicted octanol–water partition coefficient (Wildman–Crippen LogP) is 2.60. The summed E-state index contributed by atoms with van der Waals surface area (Å²) in [6.07, 6.45) is 0. The van der Waals surface area contributed by atoms with Gasteiger partial charge in [-0.2, -0.15) is 5.26 Å². The van der Waals surface area contributed by atoms with E-state index in [0.717, 1.165) is 0 Å². The second kappa shape index (κ2) is 6.42. The van der Waals surface area contributed by atoms with Crippen LogP contribution in [0.25, 0.3) is 22.3 Å². The smallest absolute Gasteiger partial charge is 0.262 e. The molecule has 0 aliphatic heterocycles. The first kappa shape index (κ1) is 15.6. The van der Waals surface area contributed by atoms with Gasteiger partial charge >= 0.3 is 0 Å². The van der Waals surface area contributed by atoms with Crippen LogP contribution in [-0.2, 0) is 6.54 Å². The van der Waals surface area contributed by atoms with Crippen LogP contribution in [0, 0.1) is 11.3 Å². The highest BCUT2D eigenvalue weighted by molar-refractivity contribution is 5.80. The fraction of sp³-hybridized carbons (Fsp3) is 0.167. The molecule has 3 rings (SSSR count). The van der Waals surface area contributed by atoms with Gasteiger partial charge in [-0.15, -0.1) is 0 Å². The Labute approximate surface area is 138 Å². The Morgan fingerprint density at radius 3 is 2.67 bits per heavy atom. The van der Waals surface area contributed by atoms with Crippen molar-refractivity contribution in [3.05, 3.63) is 52.8 Å². The van der Waals surface area contributed by atoms with Crippen molar-refractivity contribution < 1.29 is 9.47 Å². The second-order valence-electron chi connectivity index (χ2n) is 5.07. The molecule has 3 aromatic rings. The van der Waals surface area contributed by atoms with Gasteiger partial charge in [-0.1, -0.05) is 12.1 Å². The lowest BCUT2D eigenvalue weighted by atomic mass is 10.1. The molecule has 0 amide bonds. The van der Waals surface area contributed by atoms with E-state index in [0.29, 0.717) is 33.8 Å². The van der Waals surface area contributed by atoms with E-state index in [2.05, 4.69) is 4.98 Å². The van der Waals surface area contributed by atoms with Gasteiger partial charge in [0.2, 0.25) is 0 Å². The van der Waals surface area contributed by atoms with E-state index in [-0.39, 0.29) is 12.1 Å². The van der Waals surface area contributed by atoms with Crippen molar-refractivity contribution in [2.75, 3.05) is 14.2 Å². The van der Waals surface area contributed by atoms with E-state index >= 15 is 0 Å². The maximum absolute atomic E-state index is 12.7. The minimum absolute atomic E-state index is 0.0960. The molecule has 120 valence electrons. The van der Waals surface area contributed by atoms with Crippen LogP contribution in [0.4, 0.5) is 0 Å². The van der Waals surface area contributed by atoms with Crippen molar-refractivity contribution in [2.45, 2.75) is 6.54 Å². The molecule has 0 aliphatic rings. The molecule has 0 fully saturated rings. The van der Waals surface area contributed by atoms with Crippen LogP contribution in [0.2, 0.25) is 0 Å². The number of nitriles is 1. The van der Waals surface area contributed by atoms with Gasteiger partial charge < -0.3 is 9.47 Å². The van der Waals surface area contributed by atoms with Crippen LogP contribution in [0.3, 0.4) is 0 Å².